The van der Waals surface area contributed by atoms with Gasteiger partial charge in [-0.15, -0.1) is 0 Å². The topological polar surface area (TPSA) is 46.6 Å². The molecule has 1 saturated carbocycles. The second-order valence-electron chi connectivity index (χ2n) is 6.12. The summed E-state index contributed by atoms with van der Waals surface area (Å²) in [5, 5.41) is 0. The fourth-order valence-corrected chi connectivity index (χ4v) is 2.57. The molecule has 4 nitrogen and oxygen atoms in total. The van der Waals surface area contributed by atoms with E-state index >= 15 is 0 Å². The molecule has 0 spiro atoms. The first-order chi connectivity index (χ1) is 8.87. The minimum Gasteiger partial charge on any atom is -0.465 e. The minimum absolute atomic E-state index is 0.0635. The minimum atomic E-state index is -1.04. The monoisotopic (exact) mass is 269 g/mol. The predicted molar refractivity (Wildman–Crippen MR) is 74.9 cm³/mol. The van der Waals surface area contributed by atoms with Gasteiger partial charge in [0.15, 0.2) is 5.78 Å². The summed E-state index contributed by atoms with van der Waals surface area (Å²) in [4.78, 5) is 26.0. The van der Waals surface area contributed by atoms with E-state index in [1.165, 1.54) is 25.7 Å². The molecule has 1 fully saturated rings. The van der Waals surface area contributed by atoms with E-state index in [0.717, 1.165) is 6.54 Å². The second-order valence-corrected chi connectivity index (χ2v) is 6.12. The molecule has 0 aliphatic heterocycles. The van der Waals surface area contributed by atoms with Gasteiger partial charge in [-0.2, -0.15) is 0 Å². The molecule has 19 heavy (non-hydrogen) atoms. The van der Waals surface area contributed by atoms with E-state index < -0.39 is 11.4 Å². The smallest absolute Gasteiger partial charge is 0.319 e. The Kier molecular flexibility index (Phi) is 5.98. The molecule has 0 heterocycles. The maximum atomic E-state index is 12.2. The first kappa shape index (κ1) is 16.2. The summed E-state index contributed by atoms with van der Waals surface area (Å²) in [6.07, 6.45) is 5.14. The lowest BCUT2D eigenvalue weighted by Crippen LogP contribution is -2.42. The Labute approximate surface area is 116 Å². The van der Waals surface area contributed by atoms with Crippen LogP contribution in [0, 0.1) is 11.3 Å². The van der Waals surface area contributed by atoms with Crippen LogP contribution in [-0.2, 0) is 14.3 Å². The van der Waals surface area contributed by atoms with Gasteiger partial charge >= 0.3 is 5.97 Å². The molecule has 0 N–H and O–H groups in total. The zero-order valence-corrected chi connectivity index (χ0v) is 12.7. The number of likely N-dealkylation sites (N-methyl/N-ethyl adjacent to an activating group) is 1. The van der Waals surface area contributed by atoms with Crippen LogP contribution in [-0.4, -0.2) is 43.4 Å². The van der Waals surface area contributed by atoms with E-state index in [2.05, 4.69) is 0 Å². The van der Waals surface area contributed by atoms with Crippen molar-refractivity contribution in [2.24, 2.45) is 11.3 Å². The van der Waals surface area contributed by atoms with Crippen molar-refractivity contribution < 1.29 is 14.3 Å². The lowest BCUT2D eigenvalue weighted by atomic mass is 9.87. The molecule has 0 atom stereocenters. The van der Waals surface area contributed by atoms with Crippen molar-refractivity contribution in [1.82, 2.24) is 4.90 Å². The Morgan fingerprint density at radius 1 is 1.26 bits per heavy atom. The molecule has 110 valence electrons. The highest BCUT2D eigenvalue weighted by atomic mass is 16.5. The number of hydrogen-bond acceptors (Lipinski definition) is 4. The van der Waals surface area contributed by atoms with Crippen molar-refractivity contribution in [3.05, 3.63) is 0 Å². The average Bonchev–Trinajstić information content (AvgIpc) is 2.81. The van der Waals surface area contributed by atoms with Gasteiger partial charge < -0.3 is 4.74 Å². The van der Waals surface area contributed by atoms with Crippen LogP contribution in [0.5, 0.6) is 0 Å². The summed E-state index contributed by atoms with van der Waals surface area (Å²) in [6.45, 7) is 6.64. The maximum Gasteiger partial charge on any atom is 0.319 e. The van der Waals surface area contributed by atoms with Crippen LogP contribution in [0.1, 0.15) is 46.5 Å². The third-order valence-electron chi connectivity index (χ3n) is 3.94. The van der Waals surface area contributed by atoms with Crippen molar-refractivity contribution >= 4 is 11.8 Å². The highest BCUT2D eigenvalue weighted by Gasteiger charge is 2.37. The molecule has 0 radical (unpaired) electrons. The van der Waals surface area contributed by atoms with Crippen LogP contribution in [0.4, 0.5) is 0 Å². The Bertz CT molecular complexity index is 319. The molecular formula is C15H27NO3. The fourth-order valence-electron chi connectivity index (χ4n) is 2.57. The number of carbonyl (C=O) groups is 2. The molecule has 0 aromatic heterocycles. The molecule has 1 rings (SSSR count). The van der Waals surface area contributed by atoms with Gasteiger partial charge in [-0.05, 0) is 46.6 Å². The summed E-state index contributed by atoms with van der Waals surface area (Å²) in [5.74, 6) is 0.226. The zero-order valence-electron chi connectivity index (χ0n) is 12.7. The van der Waals surface area contributed by atoms with Crippen LogP contribution in [0.15, 0.2) is 0 Å². The van der Waals surface area contributed by atoms with Crippen LogP contribution in [0.2, 0.25) is 0 Å². The van der Waals surface area contributed by atoms with E-state index in [-0.39, 0.29) is 5.78 Å². The van der Waals surface area contributed by atoms with Crippen molar-refractivity contribution in [2.45, 2.75) is 46.5 Å². The SMILES string of the molecule is CCOC(=O)C(C)(C)C(=O)CN(C)CC1CCCC1. The lowest BCUT2D eigenvalue weighted by Gasteiger charge is -2.25. The highest BCUT2D eigenvalue weighted by Crippen LogP contribution is 2.25. The van der Waals surface area contributed by atoms with E-state index in [1.54, 1.807) is 20.8 Å². The van der Waals surface area contributed by atoms with Crippen molar-refractivity contribution in [3.8, 4) is 0 Å². The van der Waals surface area contributed by atoms with E-state index in [4.69, 9.17) is 4.74 Å². The van der Waals surface area contributed by atoms with Crippen molar-refractivity contribution in [1.29, 1.82) is 0 Å². The first-order valence-corrected chi connectivity index (χ1v) is 7.27. The molecule has 4 heteroatoms. The molecule has 0 amide bonds. The Morgan fingerprint density at radius 2 is 1.84 bits per heavy atom. The predicted octanol–water partition coefficient (Wildman–Crippen LogP) is 2.27. The van der Waals surface area contributed by atoms with E-state index in [9.17, 15) is 9.59 Å². The third kappa shape index (κ3) is 4.60. The summed E-state index contributed by atoms with van der Waals surface area (Å²) < 4.78 is 4.96. The first-order valence-electron chi connectivity index (χ1n) is 7.27. The average molecular weight is 269 g/mol. The van der Waals surface area contributed by atoms with Gasteiger partial charge in [0, 0.05) is 6.54 Å². The summed E-state index contributed by atoms with van der Waals surface area (Å²) >= 11 is 0. The Morgan fingerprint density at radius 3 is 2.37 bits per heavy atom. The van der Waals surface area contributed by atoms with Crippen LogP contribution in [0.3, 0.4) is 0 Å². The normalized spacial score (nSPS) is 16.9. The van der Waals surface area contributed by atoms with Gasteiger partial charge in [0.05, 0.1) is 13.2 Å². The molecule has 0 saturated heterocycles. The van der Waals surface area contributed by atoms with Gasteiger partial charge in [0.25, 0.3) is 0 Å². The number of ether oxygens (including phenoxy) is 1. The van der Waals surface area contributed by atoms with Gasteiger partial charge in [-0.1, -0.05) is 12.8 Å². The van der Waals surface area contributed by atoms with Gasteiger partial charge in [-0.3, -0.25) is 14.5 Å². The zero-order chi connectivity index (χ0) is 14.5. The van der Waals surface area contributed by atoms with Gasteiger partial charge in [0.2, 0.25) is 0 Å². The standard InChI is InChI=1S/C15H27NO3/c1-5-19-14(18)15(2,3)13(17)11-16(4)10-12-8-6-7-9-12/h12H,5-11H2,1-4H3. The molecule has 1 aliphatic carbocycles. The number of nitrogens with zero attached hydrogens (tertiary/aromatic N) is 1. The maximum absolute atomic E-state index is 12.2. The summed E-state index contributed by atoms with van der Waals surface area (Å²) in [6, 6.07) is 0. The molecule has 0 unspecified atom stereocenters. The van der Waals surface area contributed by atoms with Crippen LogP contribution < -0.4 is 0 Å². The number of hydrogen-bond donors (Lipinski definition) is 0. The quantitative estimate of drug-likeness (QED) is 0.525. The van der Waals surface area contributed by atoms with Crippen molar-refractivity contribution in [2.75, 3.05) is 26.7 Å². The lowest BCUT2D eigenvalue weighted by molar-refractivity contribution is -0.158. The number of rotatable bonds is 7. The second kappa shape index (κ2) is 7.04. The fraction of sp³-hybridized carbons (Fsp3) is 0.867. The number of ketones is 1. The molecule has 0 aromatic rings. The van der Waals surface area contributed by atoms with Crippen LogP contribution in [0.25, 0.3) is 0 Å². The van der Waals surface area contributed by atoms with Gasteiger partial charge in [0.1, 0.15) is 5.41 Å². The van der Waals surface area contributed by atoms with Gasteiger partial charge in [-0.25, -0.2) is 0 Å². The summed E-state index contributed by atoms with van der Waals surface area (Å²) in [7, 11) is 1.96. The molecular weight excluding hydrogens is 242 g/mol. The molecule has 0 aromatic carbocycles. The molecule has 1 aliphatic rings. The van der Waals surface area contributed by atoms with Crippen LogP contribution >= 0.6 is 0 Å². The highest BCUT2D eigenvalue weighted by molar-refractivity contribution is 6.03. The van der Waals surface area contributed by atoms with E-state index in [1.807, 2.05) is 11.9 Å². The number of esters is 1. The molecule has 0 bridgehead atoms. The number of Topliss-reactive ketones (excluding diaryl/α,β-unsaturated/α-hetero) is 1. The Hall–Kier alpha value is -0.900. The number of carbonyl (C=O) groups excluding carboxylic acids is 2. The third-order valence-corrected chi connectivity index (χ3v) is 3.94. The Balaban J connectivity index is 2.45. The van der Waals surface area contributed by atoms with Crippen molar-refractivity contribution in [3.63, 3.8) is 0 Å². The summed E-state index contributed by atoms with van der Waals surface area (Å²) in [5.41, 5.74) is -1.04. The largest absolute Gasteiger partial charge is 0.465 e. The van der Waals surface area contributed by atoms with E-state index in [0.29, 0.717) is 19.1 Å².